The van der Waals surface area contributed by atoms with Crippen molar-refractivity contribution in [3.63, 3.8) is 0 Å². The zero-order chi connectivity index (χ0) is 14.1. The van der Waals surface area contributed by atoms with Crippen molar-refractivity contribution in [3.05, 3.63) is 47.5 Å². The fourth-order valence-corrected chi connectivity index (χ4v) is 2.86. The molecule has 0 heterocycles. The zero-order valence-corrected chi connectivity index (χ0v) is 12.0. The predicted molar refractivity (Wildman–Crippen MR) is 80.0 cm³/mol. The summed E-state index contributed by atoms with van der Waals surface area (Å²) in [6.07, 6.45) is 2.86. The first-order valence-corrected chi connectivity index (χ1v) is 6.66. The minimum absolute atomic E-state index is 0.0208. The molecular formula is C17H18O3. The average Bonchev–Trinajstić information content (AvgIpc) is 2.52. The van der Waals surface area contributed by atoms with Gasteiger partial charge in [-0.25, -0.2) is 0 Å². The van der Waals surface area contributed by atoms with Gasteiger partial charge in [-0.3, -0.25) is 0 Å². The Bertz CT molecular complexity index is 673. The first-order chi connectivity index (χ1) is 9.78. The third kappa shape index (κ3) is 1.95. The summed E-state index contributed by atoms with van der Waals surface area (Å²) in [6, 6.07) is 10.4. The smallest absolute Gasteiger partial charge is 0.125 e. The van der Waals surface area contributed by atoms with Crippen molar-refractivity contribution in [1.29, 1.82) is 0 Å². The van der Waals surface area contributed by atoms with Crippen LogP contribution in [0.2, 0.25) is 0 Å². The third-order valence-corrected chi connectivity index (χ3v) is 3.85. The molecule has 0 saturated carbocycles. The van der Waals surface area contributed by atoms with E-state index in [1.165, 1.54) is 5.39 Å². The number of fused-ring (bicyclic) bond motifs is 3. The average molecular weight is 270 g/mol. The van der Waals surface area contributed by atoms with E-state index in [1.54, 1.807) is 21.3 Å². The van der Waals surface area contributed by atoms with Crippen LogP contribution in [-0.2, 0) is 15.9 Å². The predicted octanol–water partition coefficient (Wildman–Crippen LogP) is 3.41. The van der Waals surface area contributed by atoms with Crippen molar-refractivity contribution in [2.24, 2.45) is 0 Å². The van der Waals surface area contributed by atoms with E-state index in [0.717, 1.165) is 34.4 Å². The summed E-state index contributed by atoms with van der Waals surface area (Å²) in [5.74, 6) is 1.75. The molecule has 0 saturated heterocycles. The summed E-state index contributed by atoms with van der Waals surface area (Å²) in [6.45, 7) is 0. The lowest BCUT2D eigenvalue weighted by Crippen LogP contribution is -2.19. The maximum Gasteiger partial charge on any atom is 0.125 e. The van der Waals surface area contributed by atoms with Gasteiger partial charge in [-0.05, 0) is 22.9 Å². The molecule has 1 aliphatic rings. The normalized spacial score (nSPS) is 17.6. The van der Waals surface area contributed by atoms with Gasteiger partial charge in [0.15, 0.2) is 0 Å². The van der Waals surface area contributed by atoms with Gasteiger partial charge in [-0.2, -0.15) is 0 Å². The Labute approximate surface area is 118 Å². The number of benzene rings is 2. The van der Waals surface area contributed by atoms with Crippen molar-refractivity contribution in [1.82, 2.24) is 0 Å². The van der Waals surface area contributed by atoms with Crippen LogP contribution in [-0.4, -0.2) is 27.4 Å². The Morgan fingerprint density at radius 2 is 1.85 bits per heavy atom. The van der Waals surface area contributed by atoms with E-state index >= 15 is 0 Å². The zero-order valence-electron chi connectivity index (χ0n) is 12.0. The van der Waals surface area contributed by atoms with E-state index in [2.05, 4.69) is 18.2 Å². The van der Waals surface area contributed by atoms with Crippen LogP contribution >= 0.6 is 0 Å². The molecule has 1 unspecified atom stereocenters. The summed E-state index contributed by atoms with van der Waals surface area (Å²) in [4.78, 5) is 0. The Morgan fingerprint density at radius 3 is 2.55 bits per heavy atom. The molecule has 0 aliphatic heterocycles. The van der Waals surface area contributed by atoms with Crippen LogP contribution in [0.4, 0.5) is 0 Å². The number of hydrogen-bond acceptors (Lipinski definition) is 3. The van der Waals surface area contributed by atoms with Crippen LogP contribution in [0, 0.1) is 0 Å². The second kappa shape index (κ2) is 5.17. The van der Waals surface area contributed by atoms with Gasteiger partial charge in [-0.15, -0.1) is 0 Å². The molecule has 0 aromatic heterocycles. The minimum Gasteiger partial charge on any atom is -0.496 e. The summed E-state index contributed by atoms with van der Waals surface area (Å²) in [7, 11) is 5.12. The monoisotopic (exact) mass is 270 g/mol. The molecule has 0 amide bonds. The number of ether oxygens (including phenoxy) is 3. The van der Waals surface area contributed by atoms with Crippen LogP contribution in [0.5, 0.6) is 5.75 Å². The largest absolute Gasteiger partial charge is 0.496 e. The van der Waals surface area contributed by atoms with E-state index in [4.69, 9.17) is 14.2 Å². The molecule has 3 nitrogen and oxygen atoms in total. The lowest BCUT2D eigenvalue weighted by atomic mass is 9.88. The van der Waals surface area contributed by atoms with Crippen LogP contribution in [0.15, 0.2) is 36.4 Å². The number of hydrogen-bond donors (Lipinski definition) is 0. The lowest BCUT2D eigenvalue weighted by molar-refractivity contribution is 0.137. The van der Waals surface area contributed by atoms with E-state index in [9.17, 15) is 0 Å². The molecule has 3 heteroatoms. The summed E-state index contributed by atoms with van der Waals surface area (Å²) < 4.78 is 16.6. The van der Waals surface area contributed by atoms with E-state index in [1.807, 2.05) is 18.2 Å². The van der Waals surface area contributed by atoms with Crippen LogP contribution < -0.4 is 4.74 Å². The van der Waals surface area contributed by atoms with Crippen molar-refractivity contribution < 1.29 is 14.2 Å². The lowest BCUT2D eigenvalue weighted by Gasteiger charge is -2.25. The van der Waals surface area contributed by atoms with Crippen LogP contribution in [0.1, 0.15) is 11.1 Å². The van der Waals surface area contributed by atoms with E-state index in [0.29, 0.717) is 0 Å². The fourth-order valence-electron chi connectivity index (χ4n) is 2.86. The molecule has 2 aromatic carbocycles. The maximum atomic E-state index is 5.58. The second-order valence-electron chi connectivity index (χ2n) is 4.87. The Morgan fingerprint density at radius 1 is 1.05 bits per heavy atom. The second-order valence-corrected chi connectivity index (χ2v) is 4.87. The van der Waals surface area contributed by atoms with Crippen molar-refractivity contribution in [2.75, 3.05) is 21.3 Å². The highest BCUT2D eigenvalue weighted by molar-refractivity contribution is 5.96. The highest BCUT2D eigenvalue weighted by Gasteiger charge is 2.25. The minimum atomic E-state index is 0.0208. The summed E-state index contributed by atoms with van der Waals surface area (Å²) in [5.41, 5.74) is 2.27. The van der Waals surface area contributed by atoms with Crippen LogP contribution in [0.25, 0.3) is 16.5 Å². The molecule has 1 atom stereocenters. The fraction of sp³-hybridized carbons (Fsp3) is 0.294. The molecule has 0 N–H and O–H groups in total. The molecule has 104 valence electrons. The molecule has 20 heavy (non-hydrogen) atoms. The standard InChI is InChI=1S/C17H18O3/c1-18-12-9-14-15(19-2)8-11-6-4-5-7-13(11)17(14)16(10-12)20-3/h4-8,10,12H,9H2,1-3H3. The molecule has 2 aromatic rings. The molecule has 0 bridgehead atoms. The van der Waals surface area contributed by atoms with Gasteiger partial charge in [-0.1, -0.05) is 24.3 Å². The van der Waals surface area contributed by atoms with Gasteiger partial charge in [0.05, 0.1) is 20.3 Å². The van der Waals surface area contributed by atoms with Gasteiger partial charge < -0.3 is 14.2 Å². The Kier molecular flexibility index (Phi) is 3.36. The summed E-state index contributed by atoms with van der Waals surface area (Å²) in [5, 5.41) is 2.34. The molecule has 0 fully saturated rings. The van der Waals surface area contributed by atoms with E-state index in [-0.39, 0.29) is 6.10 Å². The Balaban J connectivity index is 2.34. The topological polar surface area (TPSA) is 27.7 Å². The first-order valence-electron chi connectivity index (χ1n) is 6.66. The van der Waals surface area contributed by atoms with Gasteiger partial charge >= 0.3 is 0 Å². The molecular weight excluding hydrogens is 252 g/mol. The van der Waals surface area contributed by atoms with Crippen LogP contribution in [0.3, 0.4) is 0 Å². The van der Waals surface area contributed by atoms with Crippen molar-refractivity contribution in [3.8, 4) is 5.75 Å². The quantitative estimate of drug-likeness (QED) is 0.855. The third-order valence-electron chi connectivity index (χ3n) is 3.85. The maximum absolute atomic E-state index is 5.58. The van der Waals surface area contributed by atoms with E-state index < -0.39 is 0 Å². The van der Waals surface area contributed by atoms with Gasteiger partial charge in [0.25, 0.3) is 0 Å². The number of rotatable bonds is 3. The van der Waals surface area contributed by atoms with Crippen molar-refractivity contribution >= 4 is 16.5 Å². The highest BCUT2D eigenvalue weighted by Crippen LogP contribution is 2.39. The van der Waals surface area contributed by atoms with Gasteiger partial charge in [0.2, 0.25) is 0 Å². The first kappa shape index (κ1) is 13.0. The Hall–Kier alpha value is -2.00. The molecule has 1 aliphatic carbocycles. The SMILES string of the molecule is COC1=CC(OC)Cc2c(OC)cc3ccccc3c21. The molecule has 0 radical (unpaired) electrons. The van der Waals surface area contributed by atoms with Crippen molar-refractivity contribution in [2.45, 2.75) is 12.5 Å². The summed E-state index contributed by atoms with van der Waals surface area (Å²) >= 11 is 0. The molecule has 3 rings (SSSR count). The van der Waals surface area contributed by atoms with Gasteiger partial charge in [0.1, 0.15) is 11.5 Å². The van der Waals surface area contributed by atoms with Gasteiger partial charge in [0, 0.05) is 24.7 Å². The molecule has 0 spiro atoms. The number of methoxy groups -OCH3 is 3. The highest BCUT2D eigenvalue weighted by atomic mass is 16.5.